The maximum atomic E-state index is 12.1. The molecule has 8 nitrogen and oxygen atoms in total. The Balaban J connectivity index is 2.18. The number of hydrogen-bond donors (Lipinski definition) is 1. The van der Waals surface area contributed by atoms with Crippen LogP contribution in [0.4, 0.5) is 5.69 Å². The van der Waals surface area contributed by atoms with Crippen molar-refractivity contribution in [3.63, 3.8) is 0 Å². The van der Waals surface area contributed by atoms with E-state index in [1.807, 2.05) is 0 Å². The summed E-state index contributed by atoms with van der Waals surface area (Å²) in [6, 6.07) is 10.8. The van der Waals surface area contributed by atoms with Crippen LogP contribution < -0.4 is 14.9 Å². The number of nitro benzene ring substituents is 1. The highest BCUT2D eigenvalue weighted by Gasteiger charge is 2.18. The fourth-order valence-corrected chi connectivity index (χ4v) is 2.06. The molecule has 1 N–H and O–H groups in total. The Morgan fingerprint density at radius 2 is 1.92 bits per heavy atom. The number of carbonyl (C=O) groups excluding carboxylic acids is 1. The van der Waals surface area contributed by atoms with Gasteiger partial charge in [0.1, 0.15) is 5.56 Å². The molecular weight excluding hydrogens is 314 g/mol. The third kappa shape index (κ3) is 3.67. The van der Waals surface area contributed by atoms with Crippen molar-refractivity contribution in [3.05, 3.63) is 63.7 Å². The van der Waals surface area contributed by atoms with E-state index in [-0.39, 0.29) is 11.3 Å². The quantitative estimate of drug-likeness (QED) is 0.498. The van der Waals surface area contributed by atoms with Crippen molar-refractivity contribution in [3.8, 4) is 11.5 Å². The van der Waals surface area contributed by atoms with Crippen LogP contribution in [0.25, 0.3) is 0 Å². The number of carbonyl (C=O) groups is 1. The highest BCUT2D eigenvalue weighted by Crippen LogP contribution is 2.29. The van der Waals surface area contributed by atoms with Crippen LogP contribution in [0, 0.1) is 10.1 Å². The van der Waals surface area contributed by atoms with Crippen LogP contribution in [0.15, 0.2) is 47.6 Å². The van der Waals surface area contributed by atoms with E-state index in [2.05, 4.69) is 10.5 Å². The molecule has 8 heteroatoms. The summed E-state index contributed by atoms with van der Waals surface area (Å²) >= 11 is 0. The minimum Gasteiger partial charge on any atom is -0.493 e. The largest absolute Gasteiger partial charge is 0.493 e. The van der Waals surface area contributed by atoms with Crippen molar-refractivity contribution in [2.45, 2.75) is 0 Å². The molecule has 0 aliphatic rings. The van der Waals surface area contributed by atoms with Gasteiger partial charge in [0.15, 0.2) is 11.5 Å². The second kappa shape index (κ2) is 7.73. The maximum Gasteiger partial charge on any atom is 0.282 e. The van der Waals surface area contributed by atoms with Crippen LogP contribution in [-0.4, -0.2) is 31.3 Å². The Labute approximate surface area is 137 Å². The lowest BCUT2D eigenvalue weighted by atomic mass is 10.2. The summed E-state index contributed by atoms with van der Waals surface area (Å²) in [4.78, 5) is 22.4. The first-order valence-electron chi connectivity index (χ1n) is 6.86. The van der Waals surface area contributed by atoms with Crippen molar-refractivity contribution >= 4 is 17.8 Å². The highest BCUT2D eigenvalue weighted by atomic mass is 16.6. The predicted octanol–water partition coefficient (Wildman–Crippen LogP) is 2.38. The minimum absolute atomic E-state index is 0.0720. The molecule has 0 fully saturated rings. The molecule has 2 aromatic carbocycles. The average molecular weight is 329 g/mol. The normalized spacial score (nSPS) is 10.4. The van der Waals surface area contributed by atoms with Crippen LogP contribution in [-0.2, 0) is 0 Å². The maximum absolute atomic E-state index is 12.1. The van der Waals surface area contributed by atoms with Gasteiger partial charge in [0.05, 0.1) is 25.4 Å². The molecule has 24 heavy (non-hydrogen) atoms. The number of amides is 1. The van der Waals surface area contributed by atoms with Gasteiger partial charge in [-0.15, -0.1) is 0 Å². The third-order valence-corrected chi connectivity index (χ3v) is 3.15. The molecular formula is C16H15N3O5. The van der Waals surface area contributed by atoms with Gasteiger partial charge in [0.25, 0.3) is 11.6 Å². The lowest BCUT2D eigenvalue weighted by Gasteiger charge is -2.09. The van der Waals surface area contributed by atoms with Crippen LogP contribution in [0.5, 0.6) is 11.5 Å². The molecule has 1 amide bonds. The van der Waals surface area contributed by atoms with Gasteiger partial charge in [-0.3, -0.25) is 14.9 Å². The summed E-state index contributed by atoms with van der Waals surface area (Å²) in [5.41, 5.74) is 2.48. The van der Waals surface area contributed by atoms with E-state index in [9.17, 15) is 14.9 Å². The van der Waals surface area contributed by atoms with Gasteiger partial charge in [-0.05, 0) is 18.2 Å². The van der Waals surface area contributed by atoms with Gasteiger partial charge in [0, 0.05) is 11.6 Å². The fourth-order valence-electron chi connectivity index (χ4n) is 2.06. The summed E-state index contributed by atoms with van der Waals surface area (Å²) in [6.45, 7) is 0. The Morgan fingerprint density at radius 1 is 1.17 bits per heavy atom. The van der Waals surface area contributed by atoms with Crippen LogP contribution >= 0.6 is 0 Å². The van der Waals surface area contributed by atoms with E-state index < -0.39 is 10.8 Å². The Kier molecular flexibility index (Phi) is 5.45. The first-order chi connectivity index (χ1) is 11.6. The highest BCUT2D eigenvalue weighted by molar-refractivity contribution is 5.98. The molecule has 0 radical (unpaired) electrons. The van der Waals surface area contributed by atoms with Crippen molar-refractivity contribution in [1.82, 2.24) is 5.43 Å². The van der Waals surface area contributed by atoms with Crippen molar-refractivity contribution in [1.29, 1.82) is 0 Å². The molecule has 0 unspecified atom stereocenters. The van der Waals surface area contributed by atoms with E-state index in [1.54, 1.807) is 18.2 Å². The molecule has 2 aromatic rings. The predicted molar refractivity (Wildman–Crippen MR) is 87.7 cm³/mol. The second-order valence-corrected chi connectivity index (χ2v) is 4.56. The van der Waals surface area contributed by atoms with E-state index in [0.717, 1.165) is 0 Å². The van der Waals surface area contributed by atoms with Crippen molar-refractivity contribution in [2.24, 2.45) is 5.10 Å². The molecule has 0 spiro atoms. The van der Waals surface area contributed by atoms with Gasteiger partial charge in [0.2, 0.25) is 0 Å². The number of methoxy groups -OCH3 is 2. The summed E-state index contributed by atoms with van der Waals surface area (Å²) in [7, 11) is 3.00. The summed E-state index contributed by atoms with van der Waals surface area (Å²) in [6.07, 6.45) is 1.37. The number of para-hydroxylation sites is 2. The third-order valence-electron chi connectivity index (χ3n) is 3.15. The van der Waals surface area contributed by atoms with Crippen molar-refractivity contribution in [2.75, 3.05) is 14.2 Å². The summed E-state index contributed by atoms with van der Waals surface area (Å²) in [5, 5.41) is 14.8. The number of nitro groups is 1. The van der Waals surface area contributed by atoms with Crippen molar-refractivity contribution < 1.29 is 19.2 Å². The smallest absolute Gasteiger partial charge is 0.282 e. The minimum atomic E-state index is -0.680. The summed E-state index contributed by atoms with van der Waals surface area (Å²) < 4.78 is 10.4. The Morgan fingerprint density at radius 3 is 2.58 bits per heavy atom. The molecule has 0 aliphatic carbocycles. The van der Waals surface area contributed by atoms with E-state index in [1.165, 1.54) is 44.7 Å². The topological polar surface area (TPSA) is 103 Å². The molecule has 124 valence electrons. The number of benzene rings is 2. The first-order valence-corrected chi connectivity index (χ1v) is 6.86. The lowest BCUT2D eigenvalue weighted by molar-refractivity contribution is -0.385. The van der Waals surface area contributed by atoms with E-state index in [0.29, 0.717) is 17.1 Å². The molecule has 2 rings (SSSR count). The van der Waals surface area contributed by atoms with Crippen LogP contribution in [0.2, 0.25) is 0 Å². The SMILES string of the molecule is COc1cccc(/C=N\NC(=O)c2ccccc2[N+](=O)[O-])c1OC. The number of ether oxygens (including phenoxy) is 2. The molecule has 0 saturated heterocycles. The van der Waals surface area contributed by atoms with E-state index >= 15 is 0 Å². The average Bonchev–Trinajstić information content (AvgIpc) is 2.61. The zero-order valence-electron chi connectivity index (χ0n) is 13.1. The molecule has 0 heterocycles. The second-order valence-electron chi connectivity index (χ2n) is 4.56. The lowest BCUT2D eigenvalue weighted by Crippen LogP contribution is -2.19. The van der Waals surface area contributed by atoms with Crippen LogP contribution in [0.1, 0.15) is 15.9 Å². The monoisotopic (exact) mass is 329 g/mol. The Bertz CT molecular complexity index is 789. The number of nitrogens with one attached hydrogen (secondary N) is 1. The van der Waals surface area contributed by atoms with Gasteiger partial charge < -0.3 is 9.47 Å². The molecule has 0 aliphatic heterocycles. The Hall–Kier alpha value is -3.42. The standard InChI is InChI=1S/C16H15N3O5/c1-23-14-9-5-6-11(15(14)24-2)10-17-18-16(20)12-7-3-4-8-13(12)19(21)22/h3-10H,1-2H3,(H,18,20)/b17-10-. The van der Waals surface area contributed by atoms with Gasteiger partial charge in [-0.2, -0.15) is 5.10 Å². The number of hydrogen-bond acceptors (Lipinski definition) is 6. The number of hydrazone groups is 1. The molecule has 0 atom stereocenters. The van der Waals surface area contributed by atoms with Gasteiger partial charge in [-0.25, -0.2) is 5.43 Å². The zero-order chi connectivity index (χ0) is 17.5. The van der Waals surface area contributed by atoms with Gasteiger partial charge >= 0.3 is 0 Å². The summed E-state index contributed by atoms with van der Waals surface area (Å²) in [5.74, 6) is 0.301. The zero-order valence-corrected chi connectivity index (χ0v) is 13.1. The van der Waals surface area contributed by atoms with Gasteiger partial charge in [-0.1, -0.05) is 18.2 Å². The molecule has 0 aromatic heterocycles. The van der Waals surface area contributed by atoms with Crippen LogP contribution in [0.3, 0.4) is 0 Å². The molecule has 0 saturated carbocycles. The first kappa shape index (κ1) is 16.9. The number of nitrogens with zero attached hydrogens (tertiary/aromatic N) is 2. The fraction of sp³-hybridized carbons (Fsp3) is 0.125. The number of rotatable bonds is 6. The van der Waals surface area contributed by atoms with E-state index in [4.69, 9.17) is 9.47 Å². The molecule has 0 bridgehead atoms.